The molecule has 6 heteroatoms. The Morgan fingerprint density at radius 1 is 1.31 bits per heavy atom. The standard InChI is InChI=1S/C10H7Br3O2S/c11-5-1-6(16-4-5)2-8(14)9-3-7(12)10(13)15-9/h1,3-4,8,14H,2H2. The third-order valence-corrected chi connectivity index (χ3v) is 5.44. The summed E-state index contributed by atoms with van der Waals surface area (Å²) < 4.78 is 7.83. The molecule has 0 radical (unpaired) electrons. The molecule has 1 atom stereocenters. The molecule has 1 N–H and O–H groups in total. The molecule has 1 unspecified atom stereocenters. The lowest BCUT2D eigenvalue weighted by Crippen LogP contribution is -1.98. The molecule has 2 nitrogen and oxygen atoms in total. The molecule has 86 valence electrons. The number of hydrogen-bond acceptors (Lipinski definition) is 3. The van der Waals surface area contributed by atoms with Gasteiger partial charge in [-0.15, -0.1) is 11.3 Å². The highest BCUT2D eigenvalue weighted by atomic mass is 79.9. The molecule has 0 aliphatic rings. The molecule has 2 aromatic heterocycles. The van der Waals surface area contributed by atoms with Crippen LogP contribution in [0, 0.1) is 0 Å². The highest BCUT2D eigenvalue weighted by Crippen LogP contribution is 2.32. The Kier molecular flexibility index (Phi) is 4.29. The fourth-order valence-electron chi connectivity index (χ4n) is 1.28. The van der Waals surface area contributed by atoms with Crippen molar-refractivity contribution >= 4 is 59.1 Å². The van der Waals surface area contributed by atoms with E-state index in [1.54, 1.807) is 17.4 Å². The zero-order valence-electron chi connectivity index (χ0n) is 7.91. The van der Waals surface area contributed by atoms with Gasteiger partial charge >= 0.3 is 0 Å². The Bertz CT molecular complexity index is 472. The summed E-state index contributed by atoms with van der Waals surface area (Å²) in [4.78, 5) is 1.11. The lowest BCUT2D eigenvalue weighted by Gasteiger charge is -2.04. The quantitative estimate of drug-likeness (QED) is 0.751. The van der Waals surface area contributed by atoms with E-state index in [1.807, 2.05) is 11.4 Å². The molecule has 2 heterocycles. The van der Waals surface area contributed by atoms with Crippen molar-refractivity contribution in [2.45, 2.75) is 12.5 Å². The molecule has 0 spiro atoms. The summed E-state index contributed by atoms with van der Waals surface area (Å²) in [6, 6.07) is 3.78. The molecule has 0 saturated carbocycles. The average Bonchev–Trinajstić information content (AvgIpc) is 2.75. The van der Waals surface area contributed by atoms with Crippen LogP contribution in [0.15, 0.2) is 35.5 Å². The first-order valence-electron chi connectivity index (χ1n) is 4.42. The van der Waals surface area contributed by atoms with Crippen LogP contribution < -0.4 is 0 Å². The number of halogens is 3. The Balaban J connectivity index is 2.11. The average molecular weight is 431 g/mol. The van der Waals surface area contributed by atoms with Gasteiger partial charge in [0, 0.05) is 21.2 Å². The molecular weight excluding hydrogens is 424 g/mol. The van der Waals surface area contributed by atoms with E-state index in [-0.39, 0.29) is 0 Å². The molecule has 0 aliphatic heterocycles. The van der Waals surface area contributed by atoms with Crippen molar-refractivity contribution < 1.29 is 9.52 Å². The Morgan fingerprint density at radius 2 is 2.06 bits per heavy atom. The fraction of sp³-hybridized carbons (Fsp3) is 0.200. The predicted octanol–water partition coefficient (Wildman–Crippen LogP) is 4.90. The smallest absolute Gasteiger partial charge is 0.183 e. The van der Waals surface area contributed by atoms with Crippen molar-refractivity contribution in [2.24, 2.45) is 0 Å². The van der Waals surface area contributed by atoms with Crippen molar-refractivity contribution in [1.82, 2.24) is 0 Å². The monoisotopic (exact) mass is 428 g/mol. The Morgan fingerprint density at radius 3 is 2.56 bits per heavy atom. The molecule has 2 rings (SSSR count). The van der Waals surface area contributed by atoms with Crippen LogP contribution in [0.25, 0.3) is 0 Å². The van der Waals surface area contributed by atoms with E-state index in [0.29, 0.717) is 16.9 Å². The van der Waals surface area contributed by atoms with Gasteiger partial charge in [0.15, 0.2) is 4.67 Å². The molecular formula is C10H7Br3O2S. The second-order valence-electron chi connectivity index (χ2n) is 3.22. The van der Waals surface area contributed by atoms with Gasteiger partial charge in [-0.25, -0.2) is 0 Å². The van der Waals surface area contributed by atoms with Crippen LogP contribution in [-0.2, 0) is 6.42 Å². The van der Waals surface area contributed by atoms with Gasteiger partial charge in [0.25, 0.3) is 0 Å². The van der Waals surface area contributed by atoms with Gasteiger partial charge in [-0.3, -0.25) is 0 Å². The van der Waals surface area contributed by atoms with Crippen molar-refractivity contribution in [3.05, 3.63) is 41.8 Å². The topological polar surface area (TPSA) is 33.4 Å². The number of aliphatic hydroxyl groups is 1. The van der Waals surface area contributed by atoms with Gasteiger partial charge in [-0.1, -0.05) is 0 Å². The van der Waals surface area contributed by atoms with E-state index >= 15 is 0 Å². The predicted molar refractivity (Wildman–Crippen MR) is 74.8 cm³/mol. The van der Waals surface area contributed by atoms with Gasteiger partial charge in [0.2, 0.25) is 0 Å². The number of rotatable bonds is 3. The molecule has 0 aromatic carbocycles. The molecule has 16 heavy (non-hydrogen) atoms. The Labute approximate surface area is 122 Å². The van der Waals surface area contributed by atoms with Crippen LogP contribution >= 0.6 is 59.1 Å². The van der Waals surface area contributed by atoms with Gasteiger partial charge in [-0.05, 0) is 59.9 Å². The van der Waals surface area contributed by atoms with Crippen LogP contribution in [0.4, 0.5) is 0 Å². The number of hydrogen-bond donors (Lipinski definition) is 1. The molecule has 0 aliphatic carbocycles. The summed E-state index contributed by atoms with van der Waals surface area (Å²) in [7, 11) is 0. The largest absolute Gasteiger partial charge is 0.450 e. The normalized spacial score (nSPS) is 13.0. The van der Waals surface area contributed by atoms with Gasteiger partial charge in [0.1, 0.15) is 11.9 Å². The third kappa shape index (κ3) is 2.98. The summed E-state index contributed by atoms with van der Waals surface area (Å²) in [6.07, 6.45) is -0.0593. The van der Waals surface area contributed by atoms with Crippen LogP contribution in [0.5, 0.6) is 0 Å². The van der Waals surface area contributed by atoms with Gasteiger partial charge < -0.3 is 9.52 Å². The summed E-state index contributed by atoms with van der Waals surface area (Å²) in [5.41, 5.74) is 0. The minimum absolute atomic E-state index is 0.558. The first-order valence-corrected chi connectivity index (χ1v) is 7.68. The van der Waals surface area contributed by atoms with E-state index in [9.17, 15) is 5.11 Å². The maximum absolute atomic E-state index is 9.98. The number of thiophene rings is 1. The zero-order valence-corrected chi connectivity index (χ0v) is 13.5. The fourth-order valence-corrected chi connectivity index (χ4v) is 3.38. The maximum atomic E-state index is 9.98. The summed E-state index contributed by atoms with van der Waals surface area (Å²) in [6.45, 7) is 0. The molecule has 0 saturated heterocycles. The van der Waals surface area contributed by atoms with E-state index in [0.717, 1.165) is 13.8 Å². The highest BCUT2D eigenvalue weighted by Gasteiger charge is 2.16. The minimum atomic E-state index is -0.617. The summed E-state index contributed by atoms with van der Waals surface area (Å²) in [5, 5.41) is 12.0. The van der Waals surface area contributed by atoms with Crippen molar-refractivity contribution in [3.63, 3.8) is 0 Å². The lowest BCUT2D eigenvalue weighted by molar-refractivity contribution is 0.149. The van der Waals surface area contributed by atoms with Crippen LogP contribution in [-0.4, -0.2) is 5.11 Å². The second-order valence-corrected chi connectivity index (χ2v) is 6.71. The summed E-state index contributed by atoms with van der Waals surface area (Å²) >= 11 is 11.6. The van der Waals surface area contributed by atoms with Crippen LogP contribution in [0.1, 0.15) is 16.7 Å². The first kappa shape index (κ1) is 12.8. The molecule has 0 amide bonds. The van der Waals surface area contributed by atoms with Crippen LogP contribution in [0.2, 0.25) is 0 Å². The van der Waals surface area contributed by atoms with E-state index < -0.39 is 6.10 Å². The minimum Gasteiger partial charge on any atom is -0.450 e. The third-order valence-electron chi connectivity index (χ3n) is 2.01. The number of aliphatic hydroxyl groups excluding tert-OH is 1. The maximum Gasteiger partial charge on any atom is 0.183 e. The molecule has 0 bridgehead atoms. The highest BCUT2D eigenvalue weighted by molar-refractivity contribution is 9.13. The van der Waals surface area contributed by atoms with Gasteiger partial charge in [0.05, 0.1) is 4.47 Å². The van der Waals surface area contributed by atoms with E-state index in [4.69, 9.17) is 4.42 Å². The lowest BCUT2D eigenvalue weighted by atomic mass is 10.2. The second kappa shape index (κ2) is 5.35. The molecule has 0 fully saturated rings. The van der Waals surface area contributed by atoms with Crippen molar-refractivity contribution in [3.8, 4) is 0 Å². The SMILES string of the molecule is OC(Cc1cc(Br)cs1)c1cc(Br)c(Br)o1. The number of furan rings is 1. The van der Waals surface area contributed by atoms with Gasteiger partial charge in [-0.2, -0.15) is 0 Å². The summed E-state index contributed by atoms with van der Waals surface area (Å²) in [5.74, 6) is 0.559. The first-order chi connectivity index (χ1) is 7.56. The Hall–Kier alpha value is 0.380. The zero-order chi connectivity index (χ0) is 11.7. The van der Waals surface area contributed by atoms with Crippen LogP contribution in [0.3, 0.4) is 0 Å². The molecule has 2 aromatic rings. The van der Waals surface area contributed by atoms with Crippen molar-refractivity contribution in [2.75, 3.05) is 0 Å². The van der Waals surface area contributed by atoms with E-state index in [2.05, 4.69) is 47.8 Å². The van der Waals surface area contributed by atoms with E-state index in [1.165, 1.54) is 0 Å². The van der Waals surface area contributed by atoms with Crippen molar-refractivity contribution in [1.29, 1.82) is 0 Å².